The molecule has 3 heterocycles. The fourth-order valence-electron chi connectivity index (χ4n) is 4.95. The summed E-state index contributed by atoms with van der Waals surface area (Å²) in [6, 6.07) is 11.1. The smallest absolute Gasteiger partial charge is 0.0941 e. The van der Waals surface area contributed by atoms with Crippen molar-refractivity contribution in [2.24, 2.45) is 5.92 Å². The van der Waals surface area contributed by atoms with E-state index in [-0.39, 0.29) is 24.8 Å². The van der Waals surface area contributed by atoms with Gasteiger partial charge < -0.3 is 24.8 Å². The Kier molecular flexibility index (Phi) is 7.30. The molecule has 5 heteroatoms. The first-order valence-electron chi connectivity index (χ1n) is 9.14. The predicted molar refractivity (Wildman–Crippen MR) is 109 cm³/mol. The van der Waals surface area contributed by atoms with E-state index in [0.717, 1.165) is 5.54 Å². The normalized spacial score (nSPS) is 22.6. The molecule has 27 heavy (non-hydrogen) atoms. The fraction of sp³-hybridized carbons (Fsp3) is 0.364. The molecule has 141 valence electrons. The molecule has 0 fully saturated rings. The van der Waals surface area contributed by atoms with E-state index >= 15 is 0 Å². The van der Waals surface area contributed by atoms with Crippen LogP contribution in [0.5, 0.6) is 0 Å². The molecule has 0 saturated heterocycles. The largest absolute Gasteiger partial charge is 1.00 e. The van der Waals surface area contributed by atoms with Gasteiger partial charge in [-0.2, -0.15) is 0 Å². The summed E-state index contributed by atoms with van der Waals surface area (Å²) in [5.74, 6) is 0.691. The minimum Gasteiger partial charge on any atom is -1.00 e. The summed E-state index contributed by atoms with van der Waals surface area (Å²) in [6.07, 6.45) is 2.37. The summed E-state index contributed by atoms with van der Waals surface area (Å²) in [5, 5.41) is 4.02. The summed E-state index contributed by atoms with van der Waals surface area (Å²) in [5.41, 5.74) is 8.81. The Bertz CT molecular complexity index is 911. The Morgan fingerprint density at radius 1 is 1.04 bits per heavy atom. The topological polar surface area (TPSA) is 0 Å². The zero-order valence-electron chi connectivity index (χ0n) is 16.4. The molecule has 2 aliphatic heterocycles. The summed E-state index contributed by atoms with van der Waals surface area (Å²) < 4.78 is 0.711. The number of fused-ring (bicyclic) bond motifs is 1. The van der Waals surface area contributed by atoms with Gasteiger partial charge in [-0.25, -0.2) is 0 Å². The number of halogens is 2. The van der Waals surface area contributed by atoms with E-state index in [0.29, 0.717) is 9.54 Å². The Hall–Kier alpha value is 0.0800. The van der Waals surface area contributed by atoms with Crippen molar-refractivity contribution in [1.29, 1.82) is 0 Å². The minimum atomic E-state index is -0.972. The van der Waals surface area contributed by atoms with Crippen molar-refractivity contribution in [3.05, 3.63) is 68.4 Å². The molecule has 2 aliphatic carbocycles. The molecule has 0 amide bonds. The van der Waals surface area contributed by atoms with Crippen LogP contribution in [-0.2, 0) is 24.7 Å². The van der Waals surface area contributed by atoms with Crippen molar-refractivity contribution in [1.82, 2.24) is 0 Å². The molecule has 4 aliphatic rings. The van der Waals surface area contributed by atoms with E-state index in [1.54, 1.807) is 51.5 Å². The summed E-state index contributed by atoms with van der Waals surface area (Å²) in [6.45, 7) is 11.9. The zero-order valence-corrected chi connectivity index (χ0v) is 22.2. The second kappa shape index (κ2) is 8.44. The van der Waals surface area contributed by atoms with Crippen LogP contribution in [0.15, 0.2) is 46.9 Å². The molecule has 2 aromatic rings. The van der Waals surface area contributed by atoms with E-state index in [2.05, 4.69) is 75.7 Å². The number of benzene rings is 1. The quantitative estimate of drug-likeness (QED) is 0.496. The van der Waals surface area contributed by atoms with E-state index < -0.39 is 8.07 Å². The van der Waals surface area contributed by atoms with Crippen molar-refractivity contribution in [2.45, 2.75) is 43.0 Å². The van der Waals surface area contributed by atoms with Crippen LogP contribution < -0.4 is 24.8 Å². The maximum absolute atomic E-state index is 2.51. The molecule has 0 spiro atoms. The molecule has 1 aromatic carbocycles. The first-order chi connectivity index (χ1) is 11.8. The van der Waals surface area contributed by atoms with Gasteiger partial charge in [0.1, 0.15) is 0 Å². The molecule has 2 bridgehead atoms. The standard InChI is InChI=1S/C12H13.C10H12SSi.2ClH.Zr/c1-9(2)12-7-10-5-3-4-6-11(10)8-12;1-6-9-7-4-5-11-8(7)10(6)12(9,2)3;;;/h3-9H,1-2H3;4-5,9H,1-3H3;2*1H;/q;;;;+2/p-2. The van der Waals surface area contributed by atoms with Crippen LogP contribution >= 0.6 is 11.3 Å². The number of rotatable bonds is 1. The molecule has 2 unspecified atom stereocenters. The first-order valence-corrected chi connectivity index (χ1v) is 14.5. The van der Waals surface area contributed by atoms with Gasteiger partial charge in [0.25, 0.3) is 0 Å². The number of hydrogen-bond donors (Lipinski definition) is 0. The van der Waals surface area contributed by atoms with Gasteiger partial charge in [-0.1, -0.05) is 18.7 Å². The van der Waals surface area contributed by atoms with E-state index in [4.69, 9.17) is 0 Å². The van der Waals surface area contributed by atoms with Gasteiger partial charge in [0.05, 0.1) is 8.07 Å². The third-order valence-electron chi connectivity index (χ3n) is 6.06. The predicted octanol–water partition coefficient (Wildman–Crippen LogP) is 0.755. The monoisotopic (exact) mass is 509 g/mol. The summed E-state index contributed by atoms with van der Waals surface area (Å²) in [7, 11) is -0.972. The first kappa shape index (κ1) is 23.4. The van der Waals surface area contributed by atoms with E-state index in [1.165, 1.54) is 11.1 Å². The number of thiophene rings is 1. The van der Waals surface area contributed by atoms with Crippen molar-refractivity contribution < 1.29 is 49.5 Å². The SMILES string of the molecule is CC(C)C1=Cc2ccccc2[CH]1[Zr+2].CC1=C2c3sccc3C1[Si]2(C)C.[Cl-].[Cl-]. The zero-order chi connectivity index (χ0) is 17.9. The maximum Gasteiger partial charge on any atom is 0.0941 e. The Balaban J connectivity index is 0.000000180. The van der Waals surface area contributed by atoms with Crippen molar-refractivity contribution in [2.75, 3.05) is 0 Å². The van der Waals surface area contributed by atoms with E-state index in [9.17, 15) is 0 Å². The van der Waals surface area contributed by atoms with Gasteiger partial charge >= 0.3 is 95.2 Å². The number of hydrogen-bond acceptors (Lipinski definition) is 1. The molecule has 2 atom stereocenters. The average Bonchev–Trinajstić information content (AvgIpc) is 3.24. The van der Waals surface area contributed by atoms with Crippen LogP contribution in [0.1, 0.15) is 51.5 Å². The van der Waals surface area contributed by atoms with Gasteiger partial charge in [-0.15, -0.1) is 11.3 Å². The van der Waals surface area contributed by atoms with Gasteiger partial charge in [-0.05, 0) is 29.1 Å². The molecule has 6 rings (SSSR count). The van der Waals surface area contributed by atoms with Crippen LogP contribution in [0.2, 0.25) is 13.1 Å². The van der Waals surface area contributed by atoms with E-state index in [1.807, 2.05) is 11.3 Å². The van der Waals surface area contributed by atoms with Crippen molar-refractivity contribution >= 4 is 30.7 Å². The molecule has 0 radical (unpaired) electrons. The van der Waals surface area contributed by atoms with Crippen LogP contribution in [-0.4, -0.2) is 8.07 Å². The fourth-order valence-corrected chi connectivity index (χ4v) is 12.8. The third-order valence-corrected chi connectivity index (χ3v) is 12.9. The average molecular weight is 512 g/mol. The number of allylic oxidation sites excluding steroid dienone is 2. The van der Waals surface area contributed by atoms with Gasteiger partial charge in [0.15, 0.2) is 0 Å². The Morgan fingerprint density at radius 2 is 1.70 bits per heavy atom. The molecule has 0 N–H and O–H groups in total. The van der Waals surface area contributed by atoms with Crippen LogP contribution in [0.4, 0.5) is 0 Å². The maximum atomic E-state index is 2.51. The minimum absolute atomic E-state index is 0. The van der Waals surface area contributed by atoms with Crippen LogP contribution in [0.3, 0.4) is 0 Å². The second-order valence-electron chi connectivity index (χ2n) is 8.28. The van der Waals surface area contributed by atoms with Gasteiger partial charge in [-0.3, -0.25) is 0 Å². The van der Waals surface area contributed by atoms with Crippen LogP contribution in [0, 0.1) is 5.92 Å². The van der Waals surface area contributed by atoms with Gasteiger partial charge in [0.2, 0.25) is 0 Å². The molecular formula is C22H25Cl2SSiZr. The van der Waals surface area contributed by atoms with Crippen molar-refractivity contribution in [3.8, 4) is 0 Å². The van der Waals surface area contributed by atoms with Crippen molar-refractivity contribution in [3.63, 3.8) is 0 Å². The Morgan fingerprint density at radius 3 is 2.26 bits per heavy atom. The molecular weight excluding hydrogens is 487 g/mol. The molecule has 0 nitrogen and oxygen atoms in total. The molecule has 0 saturated carbocycles. The Labute approximate surface area is 196 Å². The molecule has 1 aromatic heterocycles. The third kappa shape index (κ3) is 3.57. The summed E-state index contributed by atoms with van der Waals surface area (Å²) in [4.78, 5) is 1.63. The second-order valence-corrected chi connectivity index (χ2v) is 15.1. The summed E-state index contributed by atoms with van der Waals surface area (Å²) >= 11 is 3.56. The van der Waals surface area contributed by atoms with Crippen LogP contribution in [0.25, 0.3) is 11.3 Å². The van der Waals surface area contributed by atoms with Gasteiger partial charge in [0, 0.05) is 10.4 Å².